The van der Waals surface area contributed by atoms with E-state index in [4.69, 9.17) is 0 Å². The lowest BCUT2D eigenvalue weighted by atomic mass is 10.0. The second-order valence-electron chi connectivity index (χ2n) is 7.60. The first-order valence-corrected chi connectivity index (χ1v) is 11.4. The maximum Gasteiger partial charge on any atom is 0.151 e. The molecule has 1 fully saturated rings. The second kappa shape index (κ2) is 11.2. The molecule has 30 heavy (non-hydrogen) atoms. The van der Waals surface area contributed by atoms with E-state index >= 15 is 0 Å². The maximum atomic E-state index is 14.3. The first-order chi connectivity index (χ1) is 14.8. The average Bonchev–Trinajstić information content (AvgIpc) is 3.16. The van der Waals surface area contributed by atoms with Gasteiger partial charge >= 0.3 is 0 Å². The topological polar surface area (TPSA) is 33.1 Å². The SMILES string of the molecule is CC.CCNCCc1nc2c(F)cccc2n1C1CCN(Cc2ccccc2)CC1. The zero-order chi connectivity index (χ0) is 21.3. The molecule has 3 aromatic rings. The Balaban J connectivity index is 0.00000124. The van der Waals surface area contributed by atoms with Gasteiger partial charge in [0.05, 0.1) is 5.52 Å². The lowest BCUT2D eigenvalue weighted by molar-refractivity contribution is 0.180. The van der Waals surface area contributed by atoms with Gasteiger partial charge in [0, 0.05) is 38.6 Å². The highest BCUT2D eigenvalue weighted by atomic mass is 19.1. The highest BCUT2D eigenvalue weighted by Gasteiger charge is 2.25. The summed E-state index contributed by atoms with van der Waals surface area (Å²) in [5.74, 6) is 0.782. The average molecular weight is 411 g/mol. The van der Waals surface area contributed by atoms with Crippen LogP contribution in [0.3, 0.4) is 0 Å². The van der Waals surface area contributed by atoms with Gasteiger partial charge in [0.1, 0.15) is 11.3 Å². The highest BCUT2D eigenvalue weighted by Crippen LogP contribution is 2.30. The zero-order valence-corrected chi connectivity index (χ0v) is 18.6. The van der Waals surface area contributed by atoms with E-state index in [9.17, 15) is 4.39 Å². The Morgan fingerprint density at radius 1 is 1.03 bits per heavy atom. The van der Waals surface area contributed by atoms with Gasteiger partial charge in [0.15, 0.2) is 5.82 Å². The van der Waals surface area contributed by atoms with Crippen molar-refractivity contribution in [3.8, 4) is 0 Å². The molecule has 0 saturated carbocycles. The number of piperidine rings is 1. The van der Waals surface area contributed by atoms with Crippen molar-refractivity contribution in [2.45, 2.75) is 52.6 Å². The van der Waals surface area contributed by atoms with Gasteiger partial charge in [-0.1, -0.05) is 57.2 Å². The molecule has 0 amide bonds. The Labute approximate surface area is 180 Å². The molecule has 1 saturated heterocycles. The molecule has 4 rings (SSSR count). The van der Waals surface area contributed by atoms with Crippen molar-refractivity contribution in [3.63, 3.8) is 0 Å². The molecule has 1 aromatic heterocycles. The summed E-state index contributed by atoms with van der Waals surface area (Å²) < 4.78 is 16.7. The number of hydrogen-bond acceptors (Lipinski definition) is 3. The van der Waals surface area contributed by atoms with Gasteiger partial charge in [-0.25, -0.2) is 9.37 Å². The summed E-state index contributed by atoms with van der Waals surface area (Å²) in [6, 6.07) is 16.4. The third-order valence-corrected chi connectivity index (χ3v) is 5.69. The summed E-state index contributed by atoms with van der Waals surface area (Å²) in [6.45, 7) is 11.0. The Bertz CT molecular complexity index is 898. The van der Waals surface area contributed by atoms with E-state index in [1.54, 1.807) is 6.07 Å². The Morgan fingerprint density at radius 3 is 2.47 bits per heavy atom. The van der Waals surface area contributed by atoms with Gasteiger partial charge in [-0.05, 0) is 37.1 Å². The van der Waals surface area contributed by atoms with Gasteiger partial charge in [0.2, 0.25) is 0 Å². The molecule has 0 bridgehead atoms. The van der Waals surface area contributed by atoms with Gasteiger partial charge in [-0.3, -0.25) is 4.90 Å². The summed E-state index contributed by atoms with van der Waals surface area (Å²) in [5.41, 5.74) is 2.82. The fraction of sp³-hybridized carbons (Fsp3) is 0.480. The van der Waals surface area contributed by atoms with Gasteiger partial charge in [-0.2, -0.15) is 0 Å². The van der Waals surface area contributed by atoms with Gasteiger partial charge in [0.25, 0.3) is 0 Å². The van der Waals surface area contributed by atoms with Gasteiger partial charge in [-0.15, -0.1) is 0 Å². The molecular weight excluding hydrogens is 375 g/mol. The van der Waals surface area contributed by atoms with E-state index in [2.05, 4.69) is 57.0 Å². The van der Waals surface area contributed by atoms with Crippen LogP contribution in [0, 0.1) is 5.82 Å². The van der Waals surface area contributed by atoms with E-state index < -0.39 is 0 Å². The molecule has 1 aliphatic rings. The Kier molecular flexibility index (Phi) is 8.40. The van der Waals surface area contributed by atoms with Crippen molar-refractivity contribution in [2.24, 2.45) is 0 Å². The third-order valence-electron chi connectivity index (χ3n) is 5.69. The largest absolute Gasteiger partial charge is 0.325 e. The van der Waals surface area contributed by atoms with Crippen molar-refractivity contribution in [2.75, 3.05) is 26.2 Å². The fourth-order valence-electron chi connectivity index (χ4n) is 4.27. The molecular formula is C25H35FN4. The van der Waals surface area contributed by atoms with Crippen LogP contribution >= 0.6 is 0 Å². The van der Waals surface area contributed by atoms with E-state index in [1.807, 2.05) is 19.9 Å². The van der Waals surface area contributed by atoms with Crippen molar-refractivity contribution in [1.82, 2.24) is 19.8 Å². The number of para-hydroxylation sites is 1. The van der Waals surface area contributed by atoms with Crippen LogP contribution in [-0.2, 0) is 13.0 Å². The Hall–Kier alpha value is -2.24. The van der Waals surface area contributed by atoms with Crippen LogP contribution in [0.5, 0.6) is 0 Å². The highest BCUT2D eigenvalue weighted by molar-refractivity contribution is 5.77. The third kappa shape index (κ3) is 5.27. The smallest absolute Gasteiger partial charge is 0.151 e. The maximum absolute atomic E-state index is 14.3. The van der Waals surface area contributed by atoms with Crippen molar-refractivity contribution < 1.29 is 4.39 Å². The van der Waals surface area contributed by atoms with E-state index in [-0.39, 0.29) is 5.82 Å². The van der Waals surface area contributed by atoms with Crippen molar-refractivity contribution in [1.29, 1.82) is 0 Å². The molecule has 4 nitrogen and oxygen atoms in total. The number of fused-ring (bicyclic) bond motifs is 1. The zero-order valence-electron chi connectivity index (χ0n) is 18.6. The predicted octanol–water partition coefficient (Wildman–Crippen LogP) is 5.19. The lowest BCUT2D eigenvalue weighted by Crippen LogP contribution is -2.34. The number of likely N-dealkylation sites (N-methyl/N-ethyl adjacent to an activating group) is 1. The quantitative estimate of drug-likeness (QED) is 0.544. The number of halogens is 1. The van der Waals surface area contributed by atoms with Crippen LogP contribution in [0.4, 0.5) is 4.39 Å². The molecule has 2 heterocycles. The van der Waals surface area contributed by atoms with E-state index in [0.717, 1.165) is 63.3 Å². The summed E-state index contributed by atoms with van der Waals surface area (Å²) in [6.07, 6.45) is 2.97. The molecule has 0 unspecified atom stereocenters. The van der Waals surface area contributed by atoms with Gasteiger partial charge < -0.3 is 9.88 Å². The molecule has 1 aliphatic heterocycles. The van der Waals surface area contributed by atoms with Crippen molar-refractivity contribution >= 4 is 11.0 Å². The number of imidazole rings is 1. The second-order valence-corrected chi connectivity index (χ2v) is 7.60. The molecule has 0 atom stereocenters. The summed E-state index contributed by atoms with van der Waals surface area (Å²) in [5, 5.41) is 3.36. The fourth-order valence-corrected chi connectivity index (χ4v) is 4.27. The minimum Gasteiger partial charge on any atom is -0.325 e. The van der Waals surface area contributed by atoms with Crippen LogP contribution in [0.1, 0.15) is 51.0 Å². The van der Waals surface area contributed by atoms with Crippen LogP contribution in [0.25, 0.3) is 11.0 Å². The molecule has 1 N–H and O–H groups in total. The molecule has 5 heteroatoms. The normalized spacial score (nSPS) is 15.2. The number of aromatic nitrogens is 2. The predicted molar refractivity (Wildman–Crippen MR) is 123 cm³/mol. The number of benzene rings is 2. The standard InChI is InChI=1S/C23H29FN4.C2H6/c1-2-25-14-11-22-26-23-20(24)9-6-10-21(23)28(22)19-12-15-27(16-13-19)17-18-7-4-3-5-8-18;1-2/h3-10,19,25H,2,11-17H2,1H3;1-2H3. The summed E-state index contributed by atoms with van der Waals surface area (Å²) >= 11 is 0. The first kappa shape index (κ1) is 22.4. The van der Waals surface area contributed by atoms with Crippen LogP contribution in [0.2, 0.25) is 0 Å². The van der Waals surface area contributed by atoms with Crippen LogP contribution < -0.4 is 5.32 Å². The first-order valence-electron chi connectivity index (χ1n) is 11.4. The Morgan fingerprint density at radius 2 is 1.77 bits per heavy atom. The number of nitrogens with zero attached hydrogens (tertiary/aromatic N) is 3. The molecule has 0 radical (unpaired) electrons. The number of hydrogen-bond donors (Lipinski definition) is 1. The minimum atomic E-state index is -0.220. The monoisotopic (exact) mass is 410 g/mol. The summed E-state index contributed by atoms with van der Waals surface area (Å²) in [4.78, 5) is 7.20. The number of rotatable bonds is 7. The van der Waals surface area contributed by atoms with Crippen LogP contribution in [-0.4, -0.2) is 40.6 Å². The summed E-state index contributed by atoms with van der Waals surface area (Å²) in [7, 11) is 0. The lowest BCUT2D eigenvalue weighted by Gasteiger charge is -2.33. The number of nitrogens with one attached hydrogen (secondary N) is 1. The number of likely N-dealkylation sites (tertiary alicyclic amines) is 1. The van der Waals surface area contributed by atoms with E-state index in [1.165, 1.54) is 11.6 Å². The minimum absolute atomic E-state index is 0.220. The van der Waals surface area contributed by atoms with Crippen LogP contribution in [0.15, 0.2) is 48.5 Å². The van der Waals surface area contributed by atoms with E-state index in [0.29, 0.717) is 11.6 Å². The molecule has 162 valence electrons. The van der Waals surface area contributed by atoms with Crippen molar-refractivity contribution in [3.05, 3.63) is 65.7 Å². The molecule has 2 aromatic carbocycles. The molecule has 0 aliphatic carbocycles. The molecule has 0 spiro atoms.